The Morgan fingerprint density at radius 1 is 1.38 bits per heavy atom. The van der Waals surface area contributed by atoms with E-state index in [1.165, 1.54) is 6.20 Å². The first-order valence-corrected chi connectivity index (χ1v) is 5.73. The average Bonchev–Trinajstić information content (AvgIpc) is 2.62. The van der Waals surface area contributed by atoms with Crippen molar-refractivity contribution in [2.45, 2.75) is 0 Å². The normalized spacial score (nSPS) is 10.4. The van der Waals surface area contributed by atoms with Gasteiger partial charge in [-0.05, 0) is 18.2 Å². The van der Waals surface area contributed by atoms with Crippen LogP contribution in [0.5, 0.6) is 0 Å². The molecule has 0 bridgehead atoms. The highest BCUT2D eigenvalue weighted by molar-refractivity contribution is 9.10. The van der Waals surface area contributed by atoms with Crippen molar-refractivity contribution in [3.63, 3.8) is 0 Å². The number of ketones is 1. The minimum Gasteiger partial charge on any atom is -0.288 e. The third-order valence-electron chi connectivity index (χ3n) is 2.09. The molecule has 0 N–H and O–H groups in total. The molecular weight excluding hydrogens is 291 g/mol. The fourth-order valence-corrected chi connectivity index (χ4v) is 2.25. The molecule has 2 rings (SSSR count). The van der Waals surface area contributed by atoms with Gasteiger partial charge in [-0.2, -0.15) is 5.10 Å². The van der Waals surface area contributed by atoms with Crippen molar-refractivity contribution in [1.82, 2.24) is 9.78 Å². The quantitative estimate of drug-likeness (QED) is 0.799. The van der Waals surface area contributed by atoms with E-state index in [9.17, 15) is 4.79 Å². The van der Waals surface area contributed by atoms with Crippen LogP contribution < -0.4 is 0 Å². The minimum absolute atomic E-state index is 0.0868. The highest BCUT2D eigenvalue weighted by atomic mass is 79.9. The molecular formula is C11H8BrClN2O. The van der Waals surface area contributed by atoms with Crippen molar-refractivity contribution in [3.8, 4) is 0 Å². The van der Waals surface area contributed by atoms with Crippen LogP contribution in [0.25, 0.3) is 0 Å². The van der Waals surface area contributed by atoms with Crippen molar-refractivity contribution in [3.05, 3.63) is 51.2 Å². The predicted octanol–water partition coefficient (Wildman–Crippen LogP) is 3.07. The summed E-state index contributed by atoms with van der Waals surface area (Å²) < 4.78 is 2.37. The van der Waals surface area contributed by atoms with Crippen LogP contribution >= 0.6 is 27.5 Å². The van der Waals surface area contributed by atoms with Gasteiger partial charge < -0.3 is 0 Å². The average molecular weight is 300 g/mol. The molecule has 0 aliphatic carbocycles. The van der Waals surface area contributed by atoms with Gasteiger partial charge >= 0.3 is 0 Å². The van der Waals surface area contributed by atoms with E-state index in [2.05, 4.69) is 21.0 Å². The molecule has 1 aromatic heterocycles. The number of aromatic nitrogens is 2. The van der Waals surface area contributed by atoms with E-state index in [1.807, 2.05) is 0 Å². The number of hydrogen-bond donors (Lipinski definition) is 0. The van der Waals surface area contributed by atoms with Crippen molar-refractivity contribution in [2.24, 2.45) is 7.05 Å². The molecule has 0 spiro atoms. The summed E-state index contributed by atoms with van der Waals surface area (Å²) in [5.74, 6) is -0.0868. The molecule has 0 fully saturated rings. The van der Waals surface area contributed by atoms with E-state index >= 15 is 0 Å². The molecule has 0 amide bonds. The van der Waals surface area contributed by atoms with E-state index < -0.39 is 0 Å². The molecule has 2 aromatic rings. The first kappa shape index (κ1) is 11.4. The maximum absolute atomic E-state index is 12.0. The number of carbonyl (C=O) groups excluding carboxylic acids is 1. The predicted molar refractivity (Wildman–Crippen MR) is 65.8 cm³/mol. The first-order chi connectivity index (χ1) is 7.56. The summed E-state index contributed by atoms with van der Waals surface area (Å²) in [5.41, 5.74) is 1.10. The zero-order valence-electron chi connectivity index (χ0n) is 8.45. The van der Waals surface area contributed by atoms with E-state index in [0.717, 1.165) is 4.47 Å². The highest BCUT2D eigenvalue weighted by Gasteiger charge is 2.12. The summed E-state index contributed by atoms with van der Waals surface area (Å²) in [6.45, 7) is 0. The summed E-state index contributed by atoms with van der Waals surface area (Å²) in [7, 11) is 1.77. The van der Waals surface area contributed by atoms with Crippen molar-refractivity contribution in [2.75, 3.05) is 0 Å². The summed E-state index contributed by atoms with van der Waals surface area (Å²) in [6.07, 6.45) is 3.22. The molecule has 82 valence electrons. The second kappa shape index (κ2) is 4.39. The largest absolute Gasteiger partial charge is 0.288 e. The fourth-order valence-electron chi connectivity index (χ4n) is 1.39. The van der Waals surface area contributed by atoms with Crippen LogP contribution in [0.1, 0.15) is 15.9 Å². The van der Waals surface area contributed by atoms with Gasteiger partial charge in [0.25, 0.3) is 0 Å². The topological polar surface area (TPSA) is 34.9 Å². The minimum atomic E-state index is -0.0868. The van der Waals surface area contributed by atoms with Gasteiger partial charge in [0.2, 0.25) is 0 Å². The molecule has 0 aliphatic rings. The summed E-state index contributed by atoms with van der Waals surface area (Å²) in [6, 6.07) is 5.12. The zero-order valence-corrected chi connectivity index (χ0v) is 10.8. The molecule has 1 aromatic carbocycles. The van der Waals surface area contributed by atoms with Crippen LogP contribution in [0.3, 0.4) is 0 Å². The number of benzene rings is 1. The summed E-state index contributed by atoms with van der Waals surface area (Å²) in [4.78, 5) is 12.0. The van der Waals surface area contributed by atoms with Crippen molar-refractivity contribution < 1.29 is 4.79 Å². The maximum atomic E-state index is 12.0. The van der Waals surface area contributed by atoms with Gasteiger partial charge in [-0.1, -0.05) is 27.5 Å². The number of rotatable bonds is 2. The van der Waals surface area contributed by atoms with Crippen LogP contribution in [-0.4, -0.2) is 15.6 Å². The Morgan fingerprint density at radius 3 is 2.69 bits per heavy atom. The number of carbonyl (C=O) groups is 1. The Hall–Kier alpha value is -1.13. The Morgan fingerprint density at radius 2 is 2.12 bits per heavy atom. The lowest BCUT2D eigenvalue weighted by molar-refractivity contribution is 0.103. The standard InChI is InChI=1S/C11H8BrClN2O/c1-15-6-8(5-14-15)11(16)7-2-9(12)4-10(13)3-7/h2-6H,1H3. The summed E-state index contributed by atoms with van der Waals surface area (Å²) in [5, 5.41) is 4.49. The van der Waals surface area contributed by atoms with Crippen LogP contribution in [0.15, 0.2) is 35.1 Å². The molecule has 0 saturated heterocycles. The molecule has 0 saturated carbocycles. The van der Waals surface area contributed by atoms with E-state index in [4.69, 9.17) is 11.6 Å². The lowest BCUT2D eigenvalue weighted by Gasteiger charge is -2.00. The molecule has 16 heavy (non-hydrogen) atoms. The van der Waals surface area contributed by atoms with E-state index in [-0.39, 0.29) is 5.78 Å². The van der Waals surface area contributed by atoms with Gasteiger partial charge in [0.05, 0.1) is 11.8 Å². The Kier molecular flexibility index (Phi) is 3.12. The molecule has 0 unspecified atom stereocenters. The zero-order chi connectivity index (χ0) is 11.7. The van der Waals surface area contributed by atoms with Crippen molar-refractivity contribution in [1.29, 1.82) is 0 Å². The Bertz CT molecular complexity index is 530. The first-order valence-electron chi connectivity index (χ1n) is 4.56. The number of halogens is 2. The molecule has 5 heteroatoms. The highest BCUT2D eigenvalue weighted by Crippen LogP contribution is 2.21. The van der Waals surface area contributed by atoms with Gasteiger partial charge in [-0.25, -0.2) is 0 Å². The van der Waals surface area contributed by atoms with Crippen molar-refractivity contribution >= 4 is 33.3 Å². The lowest BCUT2D eigenvalue weighted by atomic mass is 10.1. The second-order valence-corrected chi connectivity index (χ2v) is 4.74. The molecule has 0 atom stereocenters. The molecule has 1 heterocycles. The van der Waals surface area contributed by atoms with Crippen LogP contribution in [0.2, 0.25) is 5.02 Å². The monoisotopic (exact) mass is 298 g/mol. The Balaban J connectivity index is 2.41. The van der Waals surface area contributed by atoms with Gasteiger partial charge in [-0.15, -0.1) is 0 Å². The SMILES string of the molecule is Cn1cc(C(=O)c2cc(Cl)cc(Br)c2)cn1. The fraction of sp³-hybridized carbons (Fsp3) is 0.0909. The van der Waals surface area contributed by atoms with Gasteiger partial charge in [-0.3, -0.25) is 9.48 Å². The third-order valence-corrected chi connectivity index (χ3v) is 2.77. The van der Waals surface area contributed by atoms with Crippen LogP contribution in [-0.2, 0) is 7.05 Å². The molecule has 3 nitrogen and oxygen atoms in total. The van der Waals surface area contributed by atoms with Crippen LogP contribution in [0, 0.1) is 0 Å². The number of nitrogens with zero attached hydrogens (tertiary/aromatic N) is 2. The third kappa shape index (κ3) is 2.33. The van der Waals surface area contributed by atoms with Gasteiger partial charge in [0.15, 0.2) is 5.78 Å². The molecule has 0 aliphatic heterocycles. The van der Waals surface area contributed by atoms with Crippen LogP contribution in [0.4, 0.5) is 0 Å². The van der Waals surface area contributed by atoms with E-state index in [1.54, 1.807) is 36.1 Å². The van der Waals surface area contributed by atoms with Gasteiger partial charge in [0, 0.05) is 28.3 Å². The second-order valence-electron chi connectivity index (χ2n) is 3.39. The smallest absolute Gasteiger partial charge is 0.196 e. The lowest BCUT2D eigenvalue weighted by Crippen LogP contribution is -2.00. The van der Waals surface area contributed by atoms with Gasteiger partial charge in [0.1, 0.15) is 0 Å². The summed E-state index contributed by atoms with van der Waals surface area (Å²) >= 11 is 9.19. The maximum Gasteiger partial charge on any atom is 0.196 e. The van der Waals surface area contributed by atoms with E-state index in [0.29, 0.717) is 16.1 Å². The Labute approximate surface area is 106 Å². The number of hydrogen-bond acceptors (Lipinski definition) is 2. The molecule has 0 radical (unpaired) electrons. The number of aryl methyl sites for hydroxylation is 1.